The first-order chi connectivity index (χ1) is 13.5. The Bertz CT molecular complexity index is 758. The molecule has 0 aliphatic rings. The van der Waals surface area contributed by atoms with Gasteiger partial charge in [0.1, 0.15) is 5.75 Å². The van der Waals surface area contributed by atoms with Crippen molar-refractivity contribution in [2.75, 3.05) is 27.8 Å². The van der Waals surface area contributed by atoms with E-state index in [0.29, 0.717) is 6.54 Å². The van der Waals surface area contributed by atoms with Gasteiger partial charge >= 0.3 is 0 Å². The Morgan fingerprint density at radius 3 is 2.21 bits per heavy atom. The predicted molar refractivity (Wildman–Crippen MR) is 114 cm³/mol. The van der Waals surface area contributed by atoms with Crippen LogP contribution < -0.4 is 24.8 Å². The van der Waals surface area contributed by atoms with Crippen molar-refractivity contribution in [2.45, 2.75) is 32.9 Å². The summed E-state index contributed by atoms with van der Waals surface area (Å²) in [7, 11) is 5.05. The molecule has 0 bridgehead atoms. The maximum atomic E-state index is 5.67. The van der Waals surface area contributed by atoms with Crippen molar-refractivity contribution in [1.82, 2.24) is 10.6 Å². The Labute approximate surface area is 167 Å². The van der Waals surface area contributed by atoms with E-state index in [4.69, 9.17) is 14.2 Å². The summed E-state index contributed by atoms with van der Waals surface area (Å²) in [6, 6.07) is 14.1. The average Bonchev–Trinajstić information content (AvgIpc) is 2.71. The lowest BCUT2D eigenvalue weighted by atomic mass is 10.1. The lowest BCUT2D eigenvalue weighted by Gasteiger charge is -2.14. The van der Waals surface area contributed by atoms with Crippen LogP contribution in [-0.4, -0.2) is 39.9 Å². The van der Waals surface area contributed by atoms with Crippen LogP contribution in [0.3, 0.4) is 0 Å². The number of benzene rings is 2. The summed E-state index contributed by atoms with van der Waals surface area (Å²) in [6.07, 6.45) is 1.03. The maximum Gasteiger partial charge on any atom is 0.191 e. The number of methoxy groups -OCH3 is 2. The molecule has 0 aliphatic carbocycles. The first-order valence-electron chi connectivity index (χ1n) is 9.46. The number of guanidine groups is 1. The maximum absolute atomic E-state index is 5.67. The summed E-state index contributed by atoms with van der Waals surface area (Å²) >= 11 is 0. The first kappa shape index (κ1) is 21.4. The zero-order valence-electron chi connectivity index (χ0n) is 17.4. The topological polar surface area (TPSA) is 64.1 Å². The van der Waals surface area contributed by atoms with E-state index in [2.05, 4.69) is 27.8 Å². The molecular formula is C22H31N3O3. The zero-order chi connectivity index (χ0) is 20.4. The number of nitrogens with one attached hydrogen (secondary N) is 2. The van der Waals surface area contributed by atoms with Crippen LogP contribution in [0.25, 0.3) is 0 Å². The number of rotatable bonds is 9. The highest BCUT2D eigenvalue weighted by molar-refractivity contribution is 5.79. The molecule has 0 saturated carbocycles. The van der Waals surface area contributed by atoms with Gasteiger partial charge in [0.25, 0.3) is 0 Å². The van der Waals surface area contributed by atoms with Crippen LogP contribution in [0.5, 0.6) is 17.2 Å². The predicted octanol–water partition coefficient (Wildman–Crippen LogP) is 3.40. The van der Waals surface area contributed by atoms with Gasteiger partial charge in [-0.05, 0) is 55.7 Å². The van der Waals surface area contributed by atoms with Crippen LogP contribution in [0.1, 0.15) is 25.0 Å². The number of hydrogen-bond donors (Lipinski definition) is 2. The van der Waals surface area contributed by atoms with Crippen LogP contribution in [0.15, 0.2) is 47.5 Å². The molecule has 0 aliphatic heterocycles. The van der Waals surface area contributed by atoms with Crippen molar-refractivity contribution < 1.29 is 14.2 Å². The van der Waals surface area contributed by atoms with Gasteiger partial charge in [0.2, 0.25) is 0 Å². The van der Waals surface area contributed by atoms with Gasteiger partial charge in [0.15, 0.2) is 17.5 Å². The fraction of sp³-hybridized carbons (Fsp3) is 0.409. The molecule has 0 fully saturated rings. The summed E-state index contributed by atoms with van der Waals surface area (Å²) in [5, 5.41) is 6.66. The monoisotopic (exact) mass is 385 g/mol. The van der Waals surface area contributed by atoms with E-state index in [9.17, 15) is 0 Å². The smallest absolute Gasteiger partial charge is 0.191 e. The number of nitrogens with zero attached hydrogens (tertiary/aromatic N) is 1. The Morgan fingerprint density at radius 1 is 0.929 bits per heavy atom. The molecule has 0 amide bonds. The van der Waals surface area contributed by atoms with Gasteiger partial charge in [-0.15, -0.1) is 0 Å². The van der Waals surface area contributed by atoms with Gasteiger partial charge in [0, 0.05) is 20.1 Å². The van der Waals surface area contributed by atoms with Crippen molar-refractivity contribution in [1.29, 1.82) is 0 Å². The highest BCUT2D eigenvalue weighted by Gasteiger charge is 2.05. The molecule has 2 aromatic rings. The summed E-state index contributed by atoms with van der Waals surface area (Å²) in [6.45, 7) is 5.49. The molecule has 0 radical (unpaired) electrons. The van der Waals surface area contributed by atoms with E-state index in [1.54, 1.807) is 21.3 Å². The van der Waals surface area contributed by atoms with Crippen molar-refractivity contribution in [3.05, 3.63) is 53.6 Å². The molecule has 0 spiro atoms. The highest BCUT2D eigenvalue weighted by atomic mass is 16.5. The van der Waals surface area contributed by atoms with Crippen molar-refractivity contribution in [3.8, 4) is 17.2 Å². The van der Waals surface area contributed by atoms with E-state index in [-0.39, 0.29) is 6.10 Å². The fourth-order valence-electron chi connectivity index (χ4n) is 2.73. The SMILES string of the molecule is CN=C(NCCc1ccc(OC)c(OC)c1)NCc1ccc(OC(C)C)cc1. The Balaban J connectivity index is 1.80. The van der Waals surface area contributed by atoms with Crippen LogP contribution in [0.4, 0.5) is 0 Å². The molecule has 0 unspecified atom stereocenters. The van der Waals surface area contributed by atoms with Gasteiger partial charge in [-0.1, -0.05) is 18.2 Å². The second-order valence-electron chi connectivity index (χ2n) is 6.60. The quantitative estimate of drug-likeness (QED) is 0.512. The summed E-state index contributed by atoms with van der Waals surface area (Å²) < 4.78 is 16.3. The van der Waals surface area contributed by atoms with Gasteiger partial charge in [-0.3, -0.25) is 4.99 Å². The Morgan fingerprint density at radius 2 is 1.61 bits per heavy atom. The molecule has 2 aromatic carbocycles. The Kier molecular flexibility index (Phi) is 8.46. The van der Waals surface area contributed by atoms with Crippen LogP contribution in [0.2, 0.25) is 0 Å². The Hall–Kier alpha value is -2.89. The lowest BCUT2D eigenvalue weighted by Crippen LogP contribution is -2.37. The zero-order valence-corrected chi connectivity index (χ0v) is 17.4. The molecule has 0 aromatic heterocycles. The van der Waals surface area contributed by atoms with Gasteiger partial charge in [-0.25, -0.2) is 0 Å². The molecule has 2 rings (SSSR count). The van der Waals surface area contributed by atoms with Crippen LogP contribution in [0, 0.1) is 0 Å². The second kappa shape index (κ2) is 11.1. The molecule has 152 valence electrons. The van der Waals surface area contributed by atoms with Crippen molar-refractivity contribution in [3.63, 3.8) is 0 Å². The third kappa shape index (κ3) is 6.68. The lowest BCUT2D eigenvalue weighted by molar-refractivity contribution is 0.242. The summed E-state index contributed by atoms with van der Waals surface area (Å²) in [5.41, 5.74) is 2.33. The number of hydrogen-bond acceptors (Lipinski definition) is 4. The molecule has 0 heterocycles. The summed E-state index contributed by atoms with van der Waals surface area (Å²) in [4.78, 5) is 4.28. The van der Waals surface area contributed by atoms with E-state index >= 15 is 0 Å². The third-order valence-electron chi connectivity index (χ3n) is 4.13. The molecular weight excluding hydrogens is 354 g/mol. The fourth-order valence-corrected chi connectivity index (χ4v) is 2.73. The standard InChI is InChI=1S/C22H31N3O3/c1-16(2)28-19-9-6-18(7-10-19)15-25-22(23-3)24-13-12-17-8-11-20(26-4)21(14-17)27-5/h6-11,14,16H,12-13,15H2,1-5H3,(H2,23,24,25). The van der Waals surface area contributed by atoms with E-state index in [0.717, 1.165) is 36.2 Å². The average molecular weight is 386 g/mol. The largest absolute Gasteiger partial charge is 0.493 e. The molecule has 2 N–H and O–H groups in total. The summed E-state index contributed by atoms with van der Waals surface area (Å²) in [5.74, 6) is 3.13. The minimum Gasteiger partial charge on any atom is -0.493 e. The van der Waals surface area contributed by atoms with Gasteiger partial charge in [-0.2, -0.15) is 0 Å². The molecule has 6 nitrogen and oxygen atoms in total. The minimum absolute atomic E-state index is 0.178. The highest BCUT2D eigenvalue weighted by Crippen LogP contribution is 2.27. The van der Waals surface area contributed by atoms with Gasteiger partial charge < -0.3 is 24.8 Å². The van der Waals surface area contributed by atoms with E-state index in [1.807, 2.05) is 44.2 Å². The second-order valence-corrected chi connectivity index (χ2v) is 6.60. The van der Waals surface area contributed by atoms with Crippen molar-refractivity contribution >= 4 is 5.96 Å². The minimum atomic E-state index is 0.178. The third-order valence-corrected chi connectivity index (χ3v) is 4.13. The number of ether oxygens (including phenoxy) is 3. The molecule has 28 heavy (non-hydrogen) atoms. The van der Waals surface area contributed by atoms with E-state index in [1.165, 1.54) is 11.1 Å². The van der Waals surface area contributed by atoms with Crippen molar-refractivity contribution in [2.24, 2.45) is 4.99 Å². The number of aliphatic imine (C=N–C) groups is 1. The first-order valence-corrected chi connectivity index (χ1v) is 9.46. The van der Waals surface area contributed by atoms with E-state index < -0.39 is 0 Å². The molecule has 6 heteroatoms. The molecule has 0 saturated heterocycles. The normalized spacial score (nSPS) is 11.3. The van der Waals surface area contributed by atoms with Gasteiger partial charge in [0.05, 0.1) is 20.3 Å². The molecule has 0 atom stereocenters. The van der Waals surface area contributed by atoms with Crippen LogP contribution >= 0.6 is 0 Å². The van der Waals surface area contributed by atoms with Crippen LogP contribution in [-0.2, 0) is 13.0 Å².